The largest absolute Gasteiger partial charge is 0.344 e. The summed E-state index contributed by atoms with van der Waals surface area (Å²) in [5.41, 5.74) is 3.38. The lowest BCUT2D eigenvalue weighted by Gasteiger charge is -2.13. The standard InChI is InChI=1S/C19H21N5O/c1-3-14-9-11-16(12-10-14)21-18-17(22-24-23-18)19(25)20-13(2)15-7-5-4-6-8-15/h4-13H,3H2,1-2H3,(H,20,25)(H2,21,22,23,24). The molecule has 0 aliphatic heterocycles. The van der Waals surface area contributed by atoms with E-state index >= 15 is 0 Å². The monoisotopic (exact) mass is 335 g/mol. The van der Waals surface area contributed by atoms with E-state index in [2.05, 4.69) is 33.0 Å². The van der Waals surface area contributed by atoms with Gasteiger partial charge >= 0.3 is 0 Å². The molecule has 0 fully saturated rings. The van der Waals surface area contributed by atoms with Crippen LogP contribution >= 0.6 is 0 Å². The molecule has 0 saturated heterocycles. The van der Waals surface area contributed by atoms with Crippen molar-refractivity contribution in [3.05, 3.63) is 71.4 Å². The number of rotatable bonds is 6. The minimum absolute atomic E-state index is 0.123. The van der Waals surface area contributed by atoms with Crippen molar-refractivity contribution in [2.24, 2.45) is 0 Å². The zero-order chi connectivity index (χ0) is 17.6. The Kier molecular flexibility index (Phi) is 5.09. The van der Waals surface area contributed by atoms with Crippen LogP contribution in [0.15, 0.2) is 54.6 Å². The maximum atomic E-state index is 12.5. The van der Waals surface area contributed by atoms with Gasteiger partial charge in [-0.3, -0.25) is 4.79 Å². The fraction of sp³-hybridized carbons (Fsp3) is 0.211. The molecule has 0 saturated carbocycles. The van der Waals surface area contributed by atoms with Crippen LogP contribution in [0.2, 0.25) is 0 Å². The number of carbonyl (C=O) groups excluding carboxylic acids is 1. The number of benzene rings is 2. The first kappa shape index (κ1) is 16.7. The topological polar surface area (TPSA) is 82.7 Å². The van der Waals surface area contributed by atoms with Crippen molar-refractivity contribution >= 4 is 17.4 Å². The Hall–Kier alpha value is -3.15. The Bertz CT molecular complexity index is 827. The second-order valence-corrected chi connectivity index (χ2v) is 5.80. The Morgan fingerprint density at radius 2 is 1.80 bits per heavy atom. The van der Waals surface area contributed by atoms with Crippen LogP contribution in [0, 0.1) is 0 Å². The van der Waals surface area contributed by atoms with Crippen molar-refractivity contribution in [2.75, 3.05) is 5.32 Å². The summed E-state index contributed by atoms with van der Waals surface area (Å²) < 4.78 is 0. The average Bonchev–Trinajstić information content (AvgIpc) is 3.11. The molecule has 0 aliphatic rings. The summed E-state index contributed by atoms with van der Waals surface area (Å²) in [6, 6.07) is 17.7. The number of hydrogen-bond acceptors (Lipinski definition) is 4. The molecule has 6 nitrogen and oxygen atoms in total. The van der Waals surface area contributed by atoms with E-state index < -0.39 is 0 Å². The van der Waals surface area contributed by atoms with Gasteiger partial charge in [0.2, 0.25) is 0 Å². The molecular weight excluding hydrogens is 314 g/mol. The highest BCUT2D eigenvalue weighted by atomic mass is 16.2. The van der Waals surface area contributed by atoms with Gasteiger partial charge < -0.3 is 10.6 Å². The number of aryl methyl sites for hydroxylation is 1. The van der Waals surface area contributed by atoms with Crippen LogP contribution in [0.25, 0.3) is 0 Å². The minimum Gasteiger partial charge on any atom is -0.344 e. The zero-order valence-corrected chi connectivity index (χ0v) is 14.3. The molecule has 0 bridgehead atoms. The molecule has 2 aromatic carbocycles. The van der Waals surface area contributed by atoms with Gasteiger partial charge in [-0.25, -0.2) is 0 Å². The molecule has 1 heterocycles. The van der Waals surface area contributed by atoms with Crippen LogP contribution < -0.4 is 10.6 Å². The van der Waals surface area contributed by atoms with E-state index in [9.17, 15) is 4.79 Å². The SMILES string of the molecule is CCc1ccc(Nc2n[nH]nc2C(=O)NC(C)c2ccccc2)cc1. The lowest BCUT2D eigenvalue weighted by Crippen LogP contribution is -2.27. The first-order valence-electron chi connectivity index (χ1n) is 8.30. The van der Waals surface area contributed by atoms with Crippen molar-refractivity contribution in [1.82, 2.24) is 20.7 Å². The van der Waals surface area contributed by atoms with E-state index in [0.29, 0.717) is 5.82 Å². The minimum atomic E-state index is -0.280. The normalized spacial score (nSPS) is 11.8. The predicted octanol–water partition coefficient (Wildman–Crippen LogP) is 3.60. The maximum Gasteiger partial charge on any atom is 0.276 e. The molecule has 3 N–H and O–H groups in total. The molecule has 25 heavy (non-hydrogen) atoms. The number of amides is 1. The Morgan fingerprint density at radius 1 is 1.08 bits per heavy atom. The molecule has 6 heteroatoms. The number of carbonyl (C=O) groups is 1. The number of aromatic nitrogens is 3. The fourth-order valence-corrected chi connectivity index (χ4v) is 2.53. The fourth-order valence-electron chi connectivity index (χ4n) is 2.53. The van der Waals surface area contributed by atoms with Gasteiger partial charge in [-0.15, -0.1) is 10.2 Å². The smallest absolute Gasteiger partial charge is 0.276 e. The summed E-state index contributed by atoms with van der Waals surface area (Å²) in [5.74, 6) is 0.125. The van der Waals surface area contributed by atoms with Gasteiger partial charge in [-0.05, 0) is 36.6 Å². The molecule has 1 atom stereocenters. The highest BCUT2D eigenvalue weighted by Gasteiger charge is 2.19. The number of nitrogens with one attached hydrogen (secondary N) is 3. The number of aromatic amines is 1. The van der Waals surface area contributed by atoms with Crippen molar-refractivity contribution < 1.29 is 4.79 Å². The highest BCUT2D eigenvalue weighted by molar-refractivity contribution is 5.97. The molecule has 128 valence electrons. The van der Waals surface area contributed by atoms with Gasteiger partial charge in [-0.1, -0.05) is 49.4 Å². The molecule has 0 aliphatic carbocycles. The molecule has 1 aromatic heterocycles. The second kappa shape index (κ2) is 7.61. The van der Waals surface area contributed by atoms with Gasteiger partial charge in [0.25, 0.3) is 5.91 Å². The Labute approximate surface area is 146 Å². The third-order valence-corrected chi connectivity index (χ3v) is 4.04. The summed E-state index contributed by atoms with van der Waals surface area (Å²) in [5, 5.41) is 16.6. The molecule has 1 amide bonds. The summed E-state index contributed by atoms with van der Waals surface area (Å²) >= 11 is 0. The van der Waals surface area contributed by atoms with Crippen molar-refractivity contribution in [3.63, 3.8) is 0 Å². The van der Waals surface area contributed by atoms with Gasteiger partial charge in [0, 0.05) is 5.69 Å². The van der Waals surface area contributed by atoms with E-state index in [-0.39, 0.29) is 17.6 Å². The zero-order valence-electron chi connectivity index (χ0n) is 14.3. The molecule has 3 rings (SSSR count). The number of hydrogen-bond donors (Lipinski definition) is 3. The molecule has 0 radical (unpaired) electrons. The van der Waals surface area contributed by atoms with Crippen LogP contribution in [-0.2, 0) is 6.42 Å². The summed E-state index contributed by atoms with van der Waals surface area (Å²) in [6.45, 7) is 4.04. The van der Waals surface area contributed by atoms with Crippen molar-refractivity contribution in [1.29, 1.82) is 0 Å². The average molecular weight is 335 g/mol. The van der Waals surface area contributed by atoms with E-state index in [1.807, 2.05) is 61.5 Å². The third kappa shape index (κ3) is 4.03. The van der Waals surface area contributed by atoms with Crippen LogP contribution in [0.3, 0.4) is 0 Å². The van der Waals surface area contributed by atoms with Crippen LogP contribution in [-0.4, -0.2) is 21.3 Å². The summed E-state index contributed by atoms with van der Waals surface area (Å²) in [6.07, 6.45) is 0.981. The van der Waals surface area contributed by atoms with Crippen LogP contribution in [0.1, 0.15) is 41.5 Å². The number of H-pyrrole nitrogens is 1. The molecule has 3 aromatic rings. The van der Waals surface area contributed by atoms with E-state index in [1.54, 1.807) is 0 Å². The molecule has 1 unspecified atom stereocenters. The van der Waals surface area contributed by atoms with Crippen molar-refractivity contribution in [3.8, 4) is 0 Å². The van der Waals surface area contributed by atoms with E-state index in [0.717, 1.165) is 17.7 Å². The van der Waals surface area contributed by atoms with Gasteiger partial charge in [0.1, 0.15) is 0 Å². The Balaban J connectivity index is 1.70. The lowest BCUT2D eigenvalue weighted by atomic mass is 10.1. The maximum absolute atomic E-state index is 12.5. The number of anilines is 2. The highest BCUT2D eigenvalue weighted by Crippen LogP contribution is 2.19. The molecular formula is C19H21N5O. The van der Waals surface area contributed by atoms with Gasteiger partial charge in [0.05, 0.1) is 6.04 Å². The summed E-state index contributed by atoms with van der Waals surface area (Å²) in [7, 11) is 0. The van der Waals surface area contributed by atoms with Crippen LogP contribution in [0.5, 0.6) is 0 Å². The van der Waals surface area contributed by atoms with Crippen molar-refractivity contribution in [2.45, 2.75) is 26.3 Å². The van der Waals surface area contributed by atoms with E-state index in [4.69, 9.17) is 0 Å². The van der Waals surface area contributed by atoms with E-state index in [1.165, 1.54) is 5.56 Å². The molecule has 0 spiro atoms. The van der Waals surface area contributed by atoms with Gasteiger partial charge in [0.15, 0.2) is 11.5 Å². The first-order valence-corrected chi connectivity index (χ1v) is 8.30. The summed E-state index contributed by atoms with van der Waals surface area (Å²) in [4.78, 5) is 12.5. The number of nitrogens with zero attached hydrogens (tertiary/aromatic N) is 2. The lowest BCUT2D eigenvalue weighted by molar-refractivity contribution is 0.0935. The second-order valence-electron chi connectivity index (χ2n) is 5.80. The first-order chi connectivity index (χ1) is 12.2. The van der Waals surface area contributed by atoms with Gasteiger partial charge in [-0.2, -0.15) is 5.21 Å². The third-order valence-electron chi connectivity index (χ3n) is 4.04. The Morgan fingerprint density at radius 3 is 2.48 bits per heavy atom. The predicted molar refractivity (Wildman–Crippen MR) is 97.8 cm³/mol. The van der Waals surface area contributed by atoms with Crippen LogP contribution in [0.4, 0.5) is 11.5 Å². The quantitative estimate of drug-likeness (QED) is 0.643.